The summed E-state index contributed by atoms with van der Waals surface area (Å²) >= 11 is 0. The fourth-order valence-corrected chi connectivity index (χ4v) is 1.91. The third kappa shape index (κ3) is 2.59. The average Bonchev–Trinajstić information content (AvgIpc) is 2.71. The molecule has 0 atom stereocenters. The Hall–Kier alpha value is -1.30. The van der Waals surface area contributed by atoms with E-state index < -0.39 is 0 Å². The molecule has 0 unspecified atom stereocenters. The first kappa shape index (κ1) is 10.2. The second kappa shape index (κ2) is 4.48. The standard InChI is InChI=1S/C15H18/c1-12(2)15-9-7-14(8-10-15)11-13-5-3-4-6-13/h3-5,7-10,12H,6,11H2,1-2H3. The summed E-state index contributed by atoms with van der Waals surface area (Å²) in [5, 5.41) is 0. The van der Waals surface area contributed by atoms with Gasteiger partial charge in [-0.2, -0.15) is 0 Å². The van der Waals surface area contributed by atoms with Crippen LogP contribution < -0.4 is 0 Å². The van der Waals surface area contributed by atoms with Crippen LogP contribution in [0.15, 0.2) is 48.1 Å². The van der Waals surface area contributed by atoms with Gasteiger partial charge in [0.2, 0.25) is 0 Å². The molecule has 0 amide bonds. The minimum absolute atomic E-state index is 0.631. The molecule has 1 aromatic rings. The summed E-state index contributed by atoms with van der Waals surface area (Å²) in [6.07, 6.45) is 8.84. The Kier molecular flexibility index (Phi) is 3.05. The van der Waals surface area contributed by atoms with Crippen LogP contribution in [0.25, 0.3) is 0 Å². The Labute approximate surface area is 92.3 Å². The molecule has 0 saturated carbocycles. The van der Waals surface area contributed by atoms with Crippen LogP contribution in [-0.4, -0.2) is 0 Å². The van der Waals surface area contributed by atoms with Crippen LogP contribution >= 0.6 is 0 Å². The maximum atomic E-state index is 2.26. The first-order valence-electron chi connectivity index (χ1n) is 5.69. The third-order valence-electron chi connectivity index (χ3n) is 2.93. The van der Waals surface area contributed by atoms with Crippen molar-refractivity contribution in [2.24, 2.45) is 0 Å². The number of hydrogen-bond acceptors (Lipinski definition) is 0. The molecule has 78 valence electrons. The van der Waals surface area contributed by atoms with E-state index >= 15 is 0 Å². The molecule has 0 heteroatoms. The van der Waals surface area contributed by atoms with Crippen LogP contribution in [0.1, 0.15) is 37.3 Å². The van der Waals surface area contributed by atoms with E-state index in [2.05, 4.69) is 56.3 Å². The molecule has 1 aliphatic rings. The van der Waals surface area contributed by atoms with Gasteiger partial charge in [0, 0.05) is 0 Å². The van der Waals surface area contributed by atoms with Gasteiger partial charge >= 0.3 is 0 Å². The Balaban J connectivity index is 2.04. The lowest BCUT2D eigenvalue weighted by Crippen LogP contribution is -1.91. The van der Waals surface area contributed by atoms with Gasteiger partial charge in [-0.1, -0.05) is 61.9 Å². The second-order valence-corrected chi connectivity index (χ2v) is 4.53. The highest BCUT2D eigenvalue weighted by molar-refractivity contribution is 5.32. The van der Waals surface area contributed by atoms with E-state index in [4.69, 9.17) is 0 Å². The summed E-state index contributed by atoms with van der Waals surface area (Å²) < 4.78 is 0. The molecule has 0 spiro atoms. The summed E-state index contributed by atoms with van der Waals surface area (Å²) in [6.45, 7) is 4.47. The fraction of sp³-hybridized carbons (Fsp3) is 0.333. The van der Waals surface area contributed by atoms with Gasteiger partial charge in [-0.05, 0) is 29.9 Å². The summed E-state index contributed by atoms with van der Waals surface area (Å²) in [7, 11) is 0. The Morgan fingerprint density at radius 1 is 1.13 bits per heavy atom. The molecule has 0 bridgehead atoms. The molecular weight excluding hydrogens is 180 g/mol. The van der Waals surface area contributed by atoms with Crippen LogP contribution in [0.2, 0.25) is 0 Å². The highest BCUT2D eigenvalue weighted by Gasteiger charge is 2.02. The first-order chi connectivity index (χ1) is 7.25. The van der Waals surface area contributed by atoms with Crippen molar-refractivity contribution in [3.63, 3.8) is 0 Å². The number of hydrogen-bond donors (Lipinski definition) is 0. The highest BCUT2D eigenvalue weighted by Crippen LogP contribution is 2.19. The minimum Gasteiger partial charge on any atom is -0.0804 e. The number of allylic oxidation sites excluding steroid dienone is 4. The van der Waals surface area contributed by atoms with Crippen molar-refractivity contribution in [2.75, 3.05) is 0 Å². The third-order valence-corrected chi connectivity index (χ3v) is 2.93. The largest absolute Gasteiger partial charge is 0.0804 e. The first-order valence-corrected chi connectivity index (χ1v) is 5.69. The molecule has 0 N–H and O–H groups in total. The van der Waals surface area contributed by atoms with Crippen molar-refractivity contribution in [1.29, 1.82) is 0 Å². The van der Waals surface area contributed by atoms with Crippen LogP contribution in [0, 0.1) is 0 Å². The van der Waals surface area contributed by atoms with E-state index in [0.29, 0.717) is 5.92 Å². The zero-order chi connectivity index (χ0) is 10.7. The van der Waals surface area contributed by atoms with Crippen LogP contribution in [-0.2, 0) is 6.42 Å². The zero-order valence-corrected chi connectivity index (χ0v) is 9.53. The van der Waals surface area contributed by atoms with E-state index in [1.165, 1.54) is 16.7 Å². The zero-order valence-electron chi connectivity index (χ0n) is 9.53. The van der Waals surface area contributed by atoms with Gasteiger partial charge in [-0.25, -0.2) is 0 Å². The summed E-state index contributed by atoms with van der Waals surface area (Å²) in [5.74, 6) is 0.631. The Morgan fingerprint density at radius 3 is 2.40 bits per heavy atom. The van der Waals surface area contributed by atoms with Gasteiger partial charge in [0.05, 0.1) is 0 Å². The Morgan fingerprint density at radius 2 is 1.87 bits per heavy atom. The van der Waals surface area contributed by atoms with E-state index in [1.807, 2.05) is 0 Å². The van der Waals surface area contributed by atoms with Gasteiger partial charge in [0.1, 0.15) is 0 Å². The van der Waals surface area contributed by atoms with Crippen molar-refractivity contribution in [2.45, 2.75) is 32.6 Å². The molecule has 0 saturated heterocycles. The van der Waals surface area contributed by atoms with Crippen LogP contribution in [0.4, 0.5) is 0 Å². The predicted molar refractivity (Wildman–Crippen MR) is 66.1 cm³/mol. The smallest absolute Gasteiger partial charge is 0.00609 e. The van der Waals surface area contributed by atoms with E-state index in [0.717, 1.165) is 12.8 Å². The molecule has 0 nitrogen and oxygen atoms in total. The maximum absolute atomic E-state index is 2.26. The van der Waals surface area contributed by atoms with Crippen molar-refractivity contribution >= 4 is 0 Å². The highest BCUT2D eigenvalue weighted by atomic mass is 14.1. The van der Waals surface area contributed by atoms with Gasteiger partial charge in [-0.15, -0.1) is 0 Å². The SMILES string of the molecule is CC(C)c1ccc(CC2=CC=CC2)cc1. The fourth-order valence-electron chi connectivity index (χ4n) is 1.91. The van der Waals surface area contributed by atoms with Crippen molar-refractivity contribution in [3.05, 3.63) is 59.2 Å². The number of benzene rings is 1. The monoisotopic (exact) mass is 198 g/mol. The normalized spacial score (nSPS) is 14.7. The average molecular weight is 198 g/mol. The summed E-state index contributed by atoms with van der Waals surface area (Å²) in [5.41, 5.74) is 4.37. The van der Waals surface area contributed by atoms with Crippen LogP contribution in [0.3, 0.4) is 0 Å². The molecule has 0 fully saturated rings. The molecule has 0 aromatic heterocycles. The molecule has 0 radical (unpaired) electrons. The lowest BCUT2D eigenvalue weighted by Gasteiger charge is -2.07. The minimum atomic E-state index is 0.631. The van der Waals surface area contributed by atoms with E-state index in [-0.39, 0.29) is 0 Å². The van der Waals surface area contributed by atoms with Crippen molar-refractivity contribution in [3.8, 4) is 0 Å². The topological polar surface area (TPSA) is 0 Å². The summed E-state index contributed by atoms with van der Waals surface area (Å²) in [6, 6.07) is 9.02. The predicted octanol–water partition coefficient (Wildman–Crippen LogP) is 4.24. The Bertz CT molecular complexity index is 377. The molecule has 1 aliphatic carbocycles. The van der Waals surface area contributed by atoms with E-state index in [9.17, 15) is 0 Å². The molecular formula is C15H18. The van der Waals surface area contributed by atoms with Gasteiger partial charge < -0.3 is 0 Å². The second-order valence-electron chi connectivity index (χ2n) is 4.53. The van der Waals surface area contributed by atoms with Gasteiger partial charge in [0.15, 0.2) is 0 Å². The van der Waals surface area contributed by atoms with E-state index in [1.54, 1.807) is 0 Å². The van der Waals surface area contributed by atoms with Gasteiger partial charge in [0.25, 0.3) is 0 Å². The number of rotatable bonds is 3. The van der Waals surface area contributed by atoms with Crippen molar-refractivity contribution < 1.29 is 0 Å². The molecule has 0 heterocycles. The lowest BCUT2D eigenvalue weighted by molar-refractivity contribution is 0.865. The maximum Gasteiger partial charge on any atom is -0.00609 e. The summed E-state index contributed by atoms with van der Waals surface area (Å²) in [4.78, 5) is 0. The van der Waals surface area contributed by atoms with Crippen LogP contribution in [0.5, 0.6) is 0 Å². The van der Waals surface area contributed by atoms with Crippen molar-refractivity contribution in [1.82, 2.24) is 0 Å². The molecule has 0 aliphatic heterocycles. The molecule has 2 rings (SSSR count). The lowest BCUT2D eigenvalue weighted by atomic mass is 9.99. The molecule has 1 aromatic carbocycles. The van der Waals surface area contributed by atoms with Gasteiger partial charge in [-0.3, -0.25) is 0 Å². The molecule has 15 heavy (non-hydrogen) atoms. The quantitative estimate of drug-likeness (QED) is 0.681.